The zero-order valence-electron chi connectivity index (χ0n) is 6.22. The van der Waals surface area contributed by atoms with Gasteiger partial charge in [0.2, 0.25) is 0 Å². The summed E-state index contributed by atoms with van der Waals surface area (Å²) in [5.41, 5.74) is 0. The maximum atomic E-state index is 11.5. The van der Waals surface area contributed by atoms with Crippen molar-refractivity contribution in [2.75, 3.05) is 24.9 Å². The Labute approximate surface area is 65.5 Å². The molecule has 0 spiro atoms. The van der Waals surface area contributed by atoms with E-state index in [4.69, 9.17) is 0 Å². The second-order valence-corrected chi connectivity index (χ2v) is 4.54. The number of rotatable bonds is 6. The van der Waals surface area contributed by atoms with Crippen LogP contribution in [-0.2, 0) is 9.84 Å². The van der Waals surface area contributed by atoms with E-state index >= 15 is 0 Å². The van der Waals surface area contributed by atoms with E-state index in [9.17, 15) is 17.2 Å². The average Bonchev–Trinajstić information content (AvgIpc) is 1.97. The molecule has 0 aliphatic carbocycles. The molecule has 0 aromatic heterocycles. The van der Waals surface area contributed by atoms with Gasteiger partial charge in [0.1, 0.15) is 0 Å². The first kappa shape index (κ1) is 10.8. The van der Waals surface area contributed by atoms with E-state index in [-0.39, 0.29) is 24.3 Å². The summed E-state index contributed by atoms with van der Waals surface area (Å²) < 4.78 is 44.6. The molecule has 0 heterocycles. The highest BCUT2D eigenvalue weighted by Gasteiger charge is 2.08. The Kier molecular flexibility index (Phi) is 5.36. The van der Waals surface area contributed by atoms with Crippen molar-refractivity contribution >= 4 is 9.84 Å². The van der Waals surface area contributed by atoms with Crippen molar-refractivity contribution in [1.29, 1.82) is 0 Å². The zero-order chi connectivity index (χ0) is 8.74. The third kappa shape index (κ3) is 6.22. The first-order chi connectivity index (χ1) is 5.12. The lowest BCUT2D eigenvalue weighted by Crippen LogP contribution is -2.11. The Morgan fingerprint density at radius 1 is 0.909 bits per heavy atom. The molecule has 0 unspecified atom stereocenters. The van der Waals surface area contributed by atoms with Gasteiger partial charge in [-0.3, -0.25) is 8.78 Å². The minimum atomic E-state index is -3.19. The van der Waals surface area contributed by atoms with Crippen LogP contribution in [0.3, 0.4) is 0 Å². The average molecular weight is 186 g/mol. The van der Waals surface area contributed by atoms with E-state index in [1.54, 1.807) is 0 Å². The lowest BCUT2D eigenvalue weighted by Gasteiger charge is -1.99. The molecule has 0 saturated heterocycles. The quantitative estimate of drug-likeness (QED) is 0.623. The van der Waals surface area contributed by atoms with Gasteiger partial charge < -0.3 is 0 Å². The van der Waals surface area contributed by atoms with Gasteiger partial charge >= 0.3 is 0 Å². The molecule has 0 N–H and O–H groups in total. The minimum Gasteiger partial charge on any atom is -0.251 e. The van der Waals surface area contributed by atoms with Crippen molar-refractivity contribution in [2.24, 2.45) is 0 Å². The lowest BCUT2D eigenvalue weighted by molar-refractivity contribution is 0.477. The number of hydrogen-bond donors (Lipinski definition) is 0. The molecule has 0 aromatic carbocycles. The van der Waals surface area contributed by atoms with Gasteiger partial charge in [0, 0.05) is 0 Å². The number of alkyl halides is 2. The Balaban J connectivity index is 3.63. The summed E-state index contributed by atoms with van der Waals surface area (Å²) in [5.74, 6) is -0.326. The molecule has 0 atom stereocenters. The summed E-state index contributed by atoms with van der Waals surface area (Å²) in [7, 11) is -3.19. The SMILES string of the molecule is O=S(=O)(CCCF)CCCF. The van der Waals surface area contributed by atoms with Crippen LogP contribution in [0.2, 0.25) is 0 Å². The van der Waals surface area contributed by atoms with E-state index in [0.717, 1.165) is 0 Å². The number of sulfone groups is 1. The van der Waals surface area contributed by atoms with Gasteiger partial charge in [-0.25, -0.2) is 8.42 Å². The molecule has 0 fully saturated rings. The summed E-state index contributed by atoms with van der Waals surface area (Å²) in [6.07, 6.45) is 0.0449. The summed E-state index contributed by atoms with van der Waals surface area (Å²) in [6, 6.07) is 0. The van der Waals surface area contributed by atoms with Crippen LogP contribution in [0, 0.1) is 0 Å². The van der Waals surface area contributed by atoms with Crippen molar-refractivity contribution in [1.82, 2.24) is 0 Å². The minimum absolute atomic E-state index is 0.0224. The highest BCUT2D eigenvalue weighted by Crippen LogP contribution is 1.97. The largest absolute Gasteiger partial charge is 0.251 e. The third-order valence-corrected chi connectivity index (χ3v) is 3.00. The lowest BCUT2D eigenvalue weighted by atomic mass is 10.5. The van der Waals surface area contributed by atoms with Crippen LogP contribution in [0.1, 0.15) is 12.8 Å². The second-order valence-electron chi connectivity index (χ2n) is 2.24. The fourth-order valence-corrected chi connectivity index (χ4v) is 1.95. The highest BCUT2D eigenvalue weighted by atomic mass is 32.2. The van der Waals surface area contributed by atoms with Gasteiger partial charge in [-0.15, -0.1) is 0 Å². The van der Waals surface area contributed by atoms with E-state index in [1.807, 2.05) is 0 Å². The van der Waals surface area contributed by atoms with Crippen LogP contribution in [0.5, 0.6) is 0 Å². The van der Waals surface area contributed by atoms with Gasteiger partial charge in [-0.1, -0.05) is 0 Å². The van der Waals surface area contributed by atoms with Crippen LogP contribution < -0.4 is 0 Å². The molecule has 0 aliphatic rings. The molecule has 0 bridgehead atoms. The summed E-state index contributed by atoms with van der Waals surface area (Å²) in [6.45, 7) is -1.26. The van der Waals surface area contributed by atoms with E-state index in [2.05, 4.69) is 0 Å². The molecule has 68 valence electrons. The van der Waals surface area contributed by atoms with Crippen molar-refractivity contribution in [3.05, 3.63) is 0 Å². The van der Waals surface area contributed by atoms with Crippen LogP contribution >= 0.6 is 0 Å². The number of halogens is 2. The first-order valence-electron chi connectivity index (χ1n) is 3.45. The fourth-order valence-electron chi connectivity index (χ4n) is 0.651. The molecule has 5 heteroatoms. The third-order valence-electron chi connectivity index (χ3n) is 1.18. The van der Waals surface area contributed by atoms with Gasteiger partial charge in [0.25, 0.3) is 0 Å². The molecule has 0 amide bonds. The molecule has 0 saturated carbocycles. The predicted molar refractivity (Wildman–Crippen MR) is 39.8 cm³/mol. The van der Waals surface area contributed by atoms with Crippen LogP contribution in [0.4, 0.5) is 8.78 Å². The molecular formula is C6H12F2O2S. The van der Waals surface area contributed by atoms with E-state index < -0.39 is 23.2 Å². The van der Waals surface area contributed by atoms with Crippen LogP contribution in [0.25, 0.3) is 0 Å². The van der Waals surface area contributed by atoms with E-state index in [1.165, 1.54) is 0 Å². The molecule has 0 aromatic rings. The molecular weight excluding hydrogens is 174 g/mol. The van der Waals surface area contributed by atoms with Crippen molar-refractivity contribution in [3.63, 3.8) is 0 Å². The maximum Gasteiger partial charge on any atom is 0.150 e. The summed E-state index contributed by atoms with van der Waals surface area (Å²) in [4.78, 5) is 0. The monoisotopic (exact) mass is 186 g/mol. The standard InChI is InChI=1S/C6H12F2O2S/c7-3-1-5-11(9,10)6-2-4-8/h1-6H2. The smallest absolute Gasteiger partial charge is 0.150 e. The van der Waals surface area contributed by atoms with Gasteiger partial charge in [-0.05, 0) is 12.8 Å². The second kappa shape index (κ2) is 5.46. The van der Waals surface area contributed by atoms with Gasteiger partial charge in [-0.2, -0.15) is 0 Å². The van der Waals surface area contributed by atoms with Crippen LogP contribution in [0.15, 0.2) is 0 Å². The summed E-state index contributed by atoms with van der Waals surface area (Å²) >= 11 is 0. The van der Waals surface area contributed by atoms with E-state index in [0.29, 0.717) is 0 Å². The molecule has 11 heavy (non-hydrogen) atoms. The Morgan fingerprint density at radius 3 is 1.55 bits per heavy atom. The van der Waals surface area contributed by atoms with Crippen molar-refractivity contribution in [3.8, 4) is 0 Å². The Hall–Kier alpha value is -0.190. The molecule has 0 aliphatic heterocycles. The Morgan fingerprint density at radius 2 is 1.27 bits per heavy atom. The molecule has 0 rings (SSSR count). The first-order valence-corrected chi connectivity index (χ1v) is 5.27. The molecule has 2 nitrogen and oxygen atoms in total. The zero-order valence-corrected chi connectivity index (χ0v) is 7.04. The van der Waals surface area contributed by atoms with Gasteiger partial charge in [0.15, 0.2) is 9.84 Å². The predicted octanol–water partition coefficient (Wildman–Crippen LogP) is 1.12. The van der Waals surface area contributed by atoms with Crippen molar-refractivity contribution < 1.29 is 17.2 Å². The summed E-state index contributed by atoms with van der Waals surface area (Å²) in [5, 5.41) is 0. The highest BCUT2D eigenvalue weighted by molar-refractivity contribution is 7.91. The normalized spacial score (nSPS) is 11.8. The number of hydrogen-bond acceptors (Lipinski definition) is 2. The topological polar surface area (TPSA) is 34.1 Å². The fraction of sp³-hybridized carbons (Fsp3) is 1.00. The molecule has 0 radical (unpaired) electrons. The van der Waals surface area contributed by atoms with Crippen molar-refractivity contribution in [2.45, 2.75) is 12.8 Å². The van der Waals surface area contributed by atoms with Crippen LogP contribution in [-0.4, -0.2) is 33.3 Å². The maximum absolute atomic E-state index is 11.5. The van der Waals surface area contributed by atoms with Gasteiger partial charge in [0.05, 0.1) is 24.9 Å². The Bertz CT molecular complexity index is 163.